The van der Waals surface area contributed by atoms with Crippen molar-refractivity contribution in [1.82, 2.24) is 0 Å². The fraction of sp³-hybridized carbons (Fsp3) is 0.222. The van der Waals surface area contributed by atoms with E-state index in [-0.39, 0.29) is 17.7 Å². The molecule has 5 rings (SSSR count). The van der Waals surface area contributed by atoms with Crippen LogP contribution in [0.2, 0.25) is 0 Å². The first-order valence-corrected chi connectivity index (χ1v) is 11.7. The molecule has 33 heavy (non-hydrogen) atoms. The van der Waals surface area contributed by atoms with Crippen LogP contribution in [-0.4, -0.2) is 20.0 Å². The maximum absolute atomic E-state index is 13.6. The first-order chi connectivity index (χ1) is 16.1. The number of para-hydroxylation sites is 2. The minimum atomic E-state index is -0.219. The molecule has 2 unspecified atom stereocenters. The number of Topliss-reactive ketones (excluding diaryl/α,β-unsaturated/α-hetero) is 1. The summed E-state index contributed by atoms with van der Waals surface area (Å²) >= 11 is 3.52. The Labute approximate surface area is 201 Å². The first-order valence-electron chi connectivity index (χ1n) is 10.9. The highest BCUT2D eigenvalue weighted by molar-refractivity contribution is 9.10. The number of fused-ring (bicyclic) bond motifs is 1. The van der Waals surface area contributed by atoms with Crippen LogP contribution in [0, 0.1) is 0 Å². The van der Waals surface area contributed by atoms with Crippen molar-refractivity contribution in [3.8, 4) is 11.5 Å². The van der Waals surface area contributed by atoms with Crippen LogP contribution in [0.1, 0.15) is 35.9 Å². The summed E-state index contributed by atoms with van der Waals surface area (Å²) in [5, 5.41) is 7.20. The molecule has 0 aromatic heterocycles. The Balaban J connectivity index is 1.57. The highest BCUT2D eigenvalue weighted by atomic mass is 79.9. The van der Waals surface area contributed by atoms with Crippen LogP contribution in [-0.2, 0) is 4.79 Å². The van der Waals surface area contributed by atoms with E-state index in [0.29, 0.717) is 17.9 Å². The SMILES string of the molecule is COc1ccc(C2CC(=O)C3=C(C2)Nc2ccccc2NC3c2ccc(Br)cc2)cc1OC. The largest absolute Gasteiger partial charge is 0.493 e. The second kappa shape index (κ2) is 8.94. The van der Waals surface area contributed by atoms with Gasteiger partial charge in [-0.15, -0.1) is 0 Å². The van der Waals surface area contributed by atoms with E-state index in [1.54, 1.807) is 14.2 Å². The molecule has 6 heteroatoms. The molecule has 3 aromatic carbocycles. The first kappa shape index (κ1) is 21.6. The Morgan fingerprint density at radius 3 is 2.27 bits per heavy atom. The number of benzene rings is 3. The lowest BCUT2D eigenvalue weighted by Crippen LogP contribution is -2.26. The molecule has 2 atom stereocenters. The summed E-state index contributed by atoms with van der Waals surface area (Å²) in [5.74, 6) is 1.57. The van der Waals surface area contributed by atoms with Crippen molar-refractivity contribution in [1.29, 1.82) is 0 Å². The zero-order valence-corrected chi connectivity index (χ0v) is 20.1. The van der Waals surface area contributed by atoms with E-state index in [0.717, 1.165) is 44.7 Å². The Morgan fingerprint density at radius 2 is 1.55 bits per heavy atom. The Bertz CT molecular complexity index is 1240. The summed E-state index contributed by atoms with van der Waals surface area (Å²) in [6, 6.07) is 22.0. The summed E-state index contributed by atoms with van der Waals surface area (Å²) in [7, 11) is 3.26. The number of carbonyl (C=O) groups excluding carboxylic acids is 1. The van der Waals surface area contributed by atoms with Gasteiger partial charge in [0.05, 0.1) is 31.6 Å². The van der Waals surface area contributed by atoms with Crippen LogP contribution < -0.4 is 20.1 Å². The van der Waals surface area contributed by atoms with Gasteiger partial charge in [0, 0.05) is 22.2 Å². The number of ketones is 1. The van der Waals surface area contributed by atoms with Crippen LogP contribution >= 0.6 is 15.9 Å². The van der Waals surface area contributed by atoms with Gasteiger partial charge >= 0.3 is 0 Å². The third kappa shape index (κ3) is 4.11. The topological polar surface area (TPSA) is 59.6 Å². The molecule has 2 N–H and O–H groups in total. The average Bonchev–Trinajstić information content (AvgIpc) is 3.01. The smallest absolute Gasteiger partial charge is 0.163 e. The van der Waals surface area contributed by atoms with E-state index >= 15 is 0 Å². The Kier molecular flexibility index (Phi) is 5.85. The highest BCUT2D eigenvalue weighted by Crippen LogP contribution is 2.45. The number of nitrogens with one attached hydrogen (secondary N) is 2. The summed E-state index contributed by atoms with van der Waals surface area (Å²) in [5.41, 5.74) is 5.87. The molecule has 1 heterocycles. The lowest BCUT2D eigenvalue weighted by atomic mass is 9.78. The van der Waals surface area contributed by atoms with E-state index < -0.39 is 0 Å². The molecule has 168 valence electrons. The molecule has 5 nitrogen and oxygen atoms in total. The minimum Gasteiger partial charge on any atom is -0.493 e. The van der Waals surface area contributed by atoms with Crippen molar-refractivity contribution in [3.63, 3.8) is 0 Å². The van der Waals surface area contributed by atoms with Crippen molar-refractivity contribution in [2.75, 3.05) is 24.9 Å². The highest BCUT2D eigenvalue weighted by Gasteiger charge is 2.36. The van der Waals surface area contributed by atoms with Crippen LogP contribution in [0.3, 0.4) is 0 Å². The van der Waals surface area contributed by atoms with Crippen LogP contribution in [0.5, 0.6) is 11.5 Å². The fourth-order valence-electron chi connectivity index (χ4n) is 4.74. The molecule has 0 saturated heterocycles. The molecular weight excluding hydrogens is 480 g/mol. The summed E-state index contributed by atoms with van der Waals surface area (Å²) in [4.78, 5) is 13.6. The van der Waals surface area contributed by atoms with E-state index in [1.165, 1.54) is 0 Å². The number of anilines is 2. The van der Waals surface area contributed by atoms with Gasteiger partial charge in [0.25, 0.3) is 0 Å². The van der Waals surface area contributed by atoms with E-state index in [2.05, 4.69) is 38.7 Å². The van der Waals surface area contributed by atoms with Crippen molar-refractivity contribution >= 4 is 33.1 Å². The van der Waals surface area contributed by atoms with E-state index in [9.17, 15) is 4.79 Å². The summed E-state index contributed by atoms with van der Waals surface area (Å²) in [6.45, 7) is 0. The number of allylic oxidation sites excluding steroid dienone is 1. The molecule has 1 aliphatic carbocycles. The maximum Gasteiger partial charge on any atom is 0.163 e. The van der Waals surface area contributed by atoms with Crippen molar-refractivity contribution in [2.24, 2.45) is 0 Å². The molecule has 0 fully saturated rings. The van der Waals surface area contributed by atoms with Crippen LogP contribution in [0.4, 0.5) is 11.4 Å². The van der Waals surface area contributed by atoms with Crippen molar-refractivity contribution in [2.45, 2.75) is 24.8 Å². The van der Waals surface area contributed by atoms with Gasteiger partial charge < -0.3 is 20.1 Å². The van der Waals surface area contributed by atoms with E-state index in [4.69, 9.17) is 9.47 Å². The summed E-state index contributed by atoms with van der Waals surface area (Å²) < 4.78 is 11.9. The summed E-state index contributed by atoms with van der Waals surface area (Å²) in [6.07, 6.45) is 1.18. The maximum atomic E-state index is 13.6. The molecule has 3 aromatic rings. The zero-order chi connectivity index (χ0) is 22.9. The number of ether oxygens (including phenoxy) is 2. The zero-order valence-electron chi connectivity index (χ0n) is 18.5. The standard InChI is InChI=1S/C27H25BrN2O3/c1-32-24-12-9-17(15-25(24)33-2)18-13-22-26(23(31)14-18)27(16-7-10-19(28)11-8-16)30-21-6-4-3-5-20(21)29-22/h3-12,15,18,27,29-30H,13-14H2,1-2H3. The molecule has 0 saturated carbocycles. The normalized spacial score (nSPS) is 19.5. The second-order valence-electron chi connectivity index (χ2n) is 8.33. The Hall–Kier alpha value is -3.25. The number of rotatable bonds is 4. The van der Waals surface area contributed by atoms with E-state index in [1.807, 2.05) is 54.6 Å². The number of hydrogen-bond donors (Lipinski definition) is 2. The predicted molar refractivity (Wildman–Crippen MR) is 134 cm³/mol. The predicted octanol–water partition coefficient (Wildman–Crippen LogP) is 6.45. The lowest BCUT2D eigenvalue weighted by molar-refractivity contribution is -0.116. The van der Waals surface area contributed by atoms with Crippen molar-refractivity contribution in [3.05, 3.63) is 93.6 Å². The van der Waals surface area contributed by atoms with Gasteiger partial charge in [-0.05, 0) is 59.9 Å². The van der Waals surface area contributed by atoms with Crippen LogP contribution in [0.25, 0.3) is 0 Å². The van der Waals surface area contributed by atoms with Gasteiger partial charge in [-0.25, -0.2) is 0 Å². The molecule has 1 aliphatic heterocycles. The molecular formula is C27H25BrN2O3. The third-order valence-electron chi connectivity index (χ3n) is 6.39. The second-order valence-corrected chi connectivity index (χ2v) is 9.25. The van der Waals surface area contributed by atoms with Gasteiger partial charge in [0.15, 0.2) is 17.3 Å². The number of hydrogen-bond acceptors (Lipinski definition) is 5. The molecule has 0 amide bonds. The van der Waals surface area contributed by atoms with Gasteiger partial charge in [0.2, 0.25) is 0 Å². The number of carbonyl (C=O) groups is 1. The lowest BCUT2D eigenvalue weighted by Gasteiger charge is -2.30. The number of halogens is 1. The monoisotopic (exact) mass is 504 g/mol. The van der Waals surface area contributed by atoms with Gasteiger partial charge in [-0.2, -0.15) is 0 Å². The fourth-order valence-corrected chi connectivity index (χ4v) is 5.00. The molecule has 0 spiro atoms. The molecule has 0 bridgehead atoms. The minimum absolute atomic E-state index is 0.0550. The van der Waals surface area contributed by atoms with Gasteiger partial charge in [-0.3, -0.25) is 4.79 Å². The van der Waals surface area contributed by atoms with Crippen molar-refractivity contribution < 1.29 is 14.3 Å². The number of methoxy groups -OCH3 is 2. The Morgan fingerprint density at radius 1 is 0.848 bits per heavy atom. The van der Waals surface area contributed by atoms with Crippen LogP contribution in [0.15, 0.2) is 82.5 Å². The van der Waals surface area contributed by atoms with Gasteiger partial charge in [0.1, 0.15) is 0 Å². The molecule has 0 radical (unpaired) electrons. The molecule has 2 aliphatic rings. The third-order valence-corrected chi connectivity index (χ3v) is 6.92. The van der Waals surface area contributed by atoms with Gasteiger partial charge in [-0.1, -0.05) is 46.3 Å². The quantitative estimate of drug-likeness (QED) is 0.427. The average molecular weight is 505 g/mol.